The van der Waals surface area contributed by atoms with E-state index in [1.807, 2.05) is 0 Å². The van der Waals surface area contributed by atoms with Gasteiger partial charge >= 0.3 is 0 Å². The van der Waals surface area contributed by atoms with Crippen LogP contribution in [0.4, 0.5) is 0 Å². The summed E-state index contributed by atoms with van der Waals surface area (Å²) in [6, 6.07) is 9.16. The molecule has 170 valence electrons. The summed E-state index contributed by atoms with van der Waals surface area (Å²) in [4.78, 5) is 18.2. The quantitative estimate of drug-likeness (QED) is 0.564. The summed E-state index contributed by atoms with van der Waals surface area (Å²) in [7, 11) is 3.83. The summed E-state index contributed by atoms with van der Waals surface area (Å²) in [6.07, 6.45) is 11.0. The molecule has 0 aliphatic carbocycles. The molecule has 0 radical (unpaired) electrons. The Hall–Kier alpha value is -1.85. The Bertz CT molecular complexity index is 859. The molecular weight excluding hydrogens is 386 g/mol. The number of para-hydroxylation sites is 1. The highest BCUT2D eigenvalue weighted by molar-refractivity contribution is 5.85. The molecule has 4 rings (SSSR count). The fourth-order valence-electron chi connectivity index (χ4n) is 5.82. The number of methoxy groups -OCH3 is 1. The average molecular weight is 426 g/mol. The molecule has 0 unspecified atom stereocenters. The van der Waals surface area contributed by atoms with Crippen molar-refractivity contribution in [3.8, 4) is 0 Å². The van der Waals surface area contributed by atoms with Gasteiger partial charge in [0.05, 0.1) is 0 Å². The fourth-order valence-corrected chi connectivity index (χ4v) is 5.82. The third kappa shape index (κ3) is 5.32. The first kappa shape index (κ1) is 22.3. The first-order valence-electron chi connectivity index (χ1n) is 12.2. The molecule has 0 N–H and O–H groups in total. The molecule has 2 aliphatic heterocycles. The molecule has 2 atom stereocenters. The van der Waals surface area contributed by atoms with Crippen molar-refractivity contribution in [3.63, 3.8) is 0 Å². The predicted octanol–water partition coefficient (Wildman–Crippen LogP) is 4.24. The van der Waals surface area contributed by atoms with Gasteiger partial charge in [-0.15, -0.1) is 0 Å². The number of hydrogen-bond acceptors (Lipinski definition) is 3. The van der Waals surface area contributed by atoms with Crippen molar-refractivity contribution in [2.24, 2.45) is 13.0 Å². The molecular formula is C26H39N3O2. The number of piperidine rings is 2. The lowest BCUT2D eigenvalue weighted by molar-refractivity contribution is -0.132. The lowest BCUT2D eigenvalue weighted by Gasteiger charge is -2.45. The van der Waals surface area contributed by atoms with Crippen LogP contribution in [0.1, 0.15) is 50.5 Å². The number of fused-ring (bicyclic) bond motifs is 2. The van der Waals surface area contributed by atoms with Crippen molar-refractivity contribution in [1.82, 2.24) is 14.4 Å². The van der Waals surface area contributed by atoms with Gasteiger partial charge < -0.3 is 19.1 Å². The first-order chi connectivity index (χ1) is 15.2. The number of hydrogen-bond donors (Lipinski definition) is 0. The van der Waals surface area contributed by atoms with Crippen molar-refractivity contribution >= 4 is 16.8 Å². The molecule has 2 aliphatic rings. The second kappa shape index (κ2) is 10.6. The molecule has 5 nitrogen and oxygen atoms in total. The normalized spacial score (nSPS) is 21.9. The summed E-state index contributed by atoms with van der Waals surface area (Å²) >= 11 is 0. The van der Waals surface area contributed by atoms with E-state index in [-0.39, 0.29) is 0 Å². The Morgan fingerprint density at radius 1 is 1.16 bits per heavy atom. The SMILES string of the molecule is COCCCN(C[C@@H]1CCCN2CCCC[C@H]12)C(=O)CCc1cn(C)c2ccccc12. The maximum Gasteiger partial charge on any atom is 0.222 e. The summed E-state index contributed by atoms with van der Waals surface area (Å²) in [6.45, 7) is 4.94. The van der Waals surface area contributed by atoms with E-state index in [1.54, 1.807) is 7.11 Å². The number of aromatic nitrogens is 1. The number of amides is 1. The summed E-state index contributed by atoms with van der Waals surface area (Å²) in [5, 5.41) is 1.27. The zero-order valence-electron chi connectivity index (χ0n) is 19.4. The second-order valence-corrected chi connectivity index (χ2v) is 9.47. The highest BCUT2D eigenvalue weighted by Gasteiger charge is 2.34. The standard InChI is InChI=1S/C26H39N3O2/c1-27-19-21(23-10-3-4-12-25(23)27)13-14-26(30)29(17-8-18-31-2)20-22-9-7-16-28-15-6-5-11-24(22)28/h3-4,10,12,19,22,24H,5-9,11,13-18,20H2,1-2H3/t22-,24+/m0/s1. The van der Waals surface area contributed by atoms with Crippen LogP contribution in [0.5, 0.6) is 0 Å². The summed E-state index contributed by atoms with van der Waals surface area (Å²) < 4.78 is 7.45. The van der Waals surface area contributed by atoms with Crippen molar-refractivity contribution in [1.29, 1.82) is 0 Å². The van der Waals surface area contributed by atoms with Crippen LogP contribution >= 0.6 is 0 Å². The third-order valence-electron chi connectivity index (χ3n) is 7.40. The number of ether oxygens (including phenoxy) is 1. The lowest BCUT2D eigenvalue weighted by atomic mass is 9.83. The molecule has 2 fully saturated rings. The van der Waals surface area contributed by atoms with Crippen LogP contribution in [-0.2, 0) is 23.0 Å². The Morgan fingerprint density at radius 2 is 2.00 bits per heavy atom. The van der Waals surface area contributed by atoms with Gasteiger partial charge in [-0.1, -0.05) is 24.6 Å². The maximum absolute atomic E-state index is 13.4. The van der Waals surface area contributed by atoms with E-state index in [1.165, 1.54) is 61.7 Å². The monoisotopic (exact) mass is 425 g/mol. The maximum atomic E-state index is 13.4. The minimum Gasteiger partial charge on any atom is -0.385 e. The number of aryl methyl sites for hydroxylation is 2. The van der Waals surface area contributed by atoms with Crippen LogP contribution in [0.3, 0.4) is 0 Å². The van der Waals surface area contributed by atoms with Crippen LogP contribution < -0.4 is 0 Å². The fraction of sp³-hybridized carbons (Fsp3) is 0.654. The molecule has 31 heavy (non-hydrogen) atoms. The van der Waals surface area contributed by atoms with E-state index < -0.39 is 0 Å². The Kier molecular flexibility index (Phi) is 7.67. The predicted molar refractivity (Wildman–Crippen MR) is 126 cm³/mol. The molecule has 1 aromatic heterocycles. The number of carbonyl (C=O) groups is 1. The Morgan fingerprint density at radius 3 is 2.87 bits per heavy atom. The van der Waals surface area contributed by atoms with Crippen LogP contribution in [0.25, 0.3) is 10.9 Å². The highest BCUT2D eigenvalue weighted by Crippen LogP contribution is 2.31. The highest BCUT2D eigenvalue weighted by atomic mass is 16.5. The molecule has 2 saturated heterocycles. The molecule has 2 aromatic rings. The van der Waals surface area contributed by atoms with Gasteiger partial charge in [0.2, 0.25) is 5.91 Å². The molecule has 0 bridgehead atoms. The van der Waals surface area contributed by atoms with Gasteiger partial charge in [-0.05, 0) is 69.2 Å². The van der Waals surface area contributed by atoms with Crippen LogP contribution in [-0.4, -0.2) is 66.2 Å². The second-order valence-electron chi connectivity index (χ2n) is 9.47. The van der Waals surface area contributed by atoms with Crippen molar-refractivity contribution in [2.75, 3.05) is 39.9 Å². The third-order valence-corrected chi connectivity index (χ3v) is 7.40. The van der Waals surface area contributed by atoms with Gasteiger partial charge in [0.25, 0.3) is 0 Å². The van der Waals surface area contributed by atoms with E-state index in [4.69, 9.17) is 4.74 Å². The van der Waals surface area contributed by atoms with Gasteiger partial charge in [-0.25, -0.2) is 0 Å². The van der Waals surface area contributed by atoms with Gasteiger partial charge in [0, 0.05) is 63.4 Å². The van der Waals surface area contributed by atoms with E-state index in [0.29, 0.717) is 30.9 Å². The van der Waals surface area contributed by atoms with Crippen LogP contribution in [0, 0.1) is 5.92 Å². The van der Waals surface area contributed by atoms with Gasteiger partial charge in [-0.3, -0.25) is 4.79 Å². The van der Waals surface area contributed by atoms with E-state index >= 15 is 0 Å². The van der Waals surface area contributed by atoms with E-state index in [2.05, 4.69) is 51.9 Å². The zero-order valence-corrected chi connectivity index (χ0v) is 19.4. The molecule has 5 heteroatoms. The first-order valence-corrected chi connectivity index (χ1v) is 12.2. The van der Waals surface area contributed by atoms with Crippen molar-refractivity contribution in [3.05, 3.63) is 36.0 Å². The smallest absolute Gasteiger partial charge is 0.222 e. The van der Waals surface area contributed by atoms with Crippen LogP contribution in [0.15, 0.2) is 30.5 Å². The summed E-state index contributed by atoms with van der Waals surface area (Å²) in [5.74, 6) is 0.926. The molecule has 3 heterocycles. The largest absolute Gasteiger partial charge is 0.385 e. The molecule has 0 saturated carbocycles. The molecule has 0 spiro atoms. The van der Waals surface area contributed by atoms with Crippen molar-refractivity contribution in [2.45, 2.75) is 57.4 Å². The Balaban J connectivity index is 1.41. The number of rotatable bonds is 9. The van der Waals surface area contributed by atoms with E-state index in [9.17, 15) is 4.79 Å². The molecule has 1 amide bonds. The van der Waals surface area contributed by atoms with E-state index in [0.717, 1.165) is 25.9 Å². The minimum absolute atomic E-state index is 0.303. The topological polar surface area (TPSA) is 37.7 Å². The van der Waals surface area contributed by atoms with Gasteiger partial charge in [0.15, 0.2) is 0 Å². The van der Waals surface area contributed by atoms with Crippen molar-refractivity contribution < 1.29 is 9.53 Å². The summed E-state index contributed by atoms with van der Waals surface area (Å²) in [5.41, 5.74) is 2.51. The minimum atomic E-state index is 0.303. The number of carbonyl (C=O) groups excluding carboxylic acids is 1. The lowest BCUT2D eigenvalue weighted by Crippen LogP contribution is -2.51. The molecule has 1 aromatic carbocycles. The Labute approximate surface area is 187 Å². The zero-order chi connectivity index (χ0) is 21.6. The average Bonchev–Trinajstić information content (AvgIpc) is 3.13. The number of benzene rings is 1. The van der Waals surface area contributed by atoms with Gasteiger partial charge in [0.1, 0.15) is 0 Å². The van der Waals surface area contributed by atoms with Gasteiger partial charge in [-0.2, -0.15) is 0 Å². The number of nitrogens with zero attached hydrogens (tertiary/aromatic N) is 3. The van der Waals surface area contributed by atoms with Crippen LogP contribution in [0.2, 0.25) is 0 Å².